The lowest BCUT2D eigenvalue weighted by Crippen LogP contribution is -1.99. The van der Waals surface area contributed by atoms with Crippen molar-refractivity contribution in [2.45, 2.75) is 0 Å². The van der Waals surface area contributed by atoms with Crippen LogP contribution < -0.4 is 5.73 Å². The van der Waals surface area contributed by atoms with E-state index < -0.39 is 0 Å². The number of anilines is 1. The fourth-order valence-corrected chi connectivity index (χ4v) is 2.29. The van der Waals surface area contributed by atoms with E-state index in [4.69, 9.17) is 21.8 Å². The highest BCUT2D eigenvalue weighted by molar-refractivity contribution is 6.30. The van der Waals surface area contributed by atoms with Crippen LogP contribution in [0.25, 0.3) is 22.6 Å². The number of nitriles is 1. The molecule has 0 aliphatic rings. The molecule has 5 heteroatoms. The van der Waals surface area contributed by atoms with Crippen LogP contribution in [-0.2, 0) is 0 Å². The average Bonchev–Trinajstić information content (AvgIpc) is 3.00. The van der Waals surface area contributed by atoms with Crippen LogP contribution in [0.1, 0.15) is 5.56 Å². The van der Waals surface area contributed by atoms with Crippen LogP contribution in [0.5, 0.6) is 0 Å². The summed E-state index contributed by atoms with van der Waals surface area (Å²) in [5.74, 6) is 0.741. The van der Waals surface area contributed by atoms with Gasteiger partial charge in [-0.25, -0.2) is 4.98 Å². The highest BCUT2D eigenvalue weighted by Gasteiger charge is 2.15. The first kappa shape index (κ1) is 13.2. The van der Waals surface area contributed by atoms with Gasteiger partial charge in [-0.15, -0.1) is 0 Å². The third kappa shape index (κ3) is 2.47. The fourth-order valence-electron chi connectivity index (χ4n) is 2.10. The Morgan fingerprint density at radius 1 is 1.19 bits per heavy atom. The molecule has 0 atom stereocenters. The monoisotopic (exact) mass is 295 g/mol. The first-order valence-corrected chi connectivity index (χ1v) is 6.57. The number of halogens is 1. The number of benzene rings is 1. The number of pyridine rings is 1. The molecular weight excluding hydrogens is 286 g/mol. The first-order valence-electron chi connectivity index (χ1n) is 6.19. The second-order valence-electron chi connectivity index (χ2n) is 4.41. The molecule has 102 valence electrons. The van der Waals surface area contributed by atoms with E-state index in [-0.39, 0.29) is 5.82 Å². The maximum Gasteiger partial charge on any atom is 0.142 e. The molecule has 0 saturated carbocycles. The van der Waals surface area contributed by atoms with Crippen LogP contribution in [0.15, 0.2) is 53.1 Å². The molecule has 0 bridgehead atoms. The van der Waals surface area contributed by atoms with Gasteiger partial charge in [0.15, 0.2) is 0 Å². The summed E-state index contributed by atoms with van der Waals surface area (Å²) in [4.78, 5) is 4.28. The SMILES string of the molecule is N#Cc1c(-c2ccco2)cc(-c2cccc(Cl)c2)nc1N. The van der Waals surface area contributed by atoms with Crippen molar-refractivity contribution in [3.63, 3.8) is 0 Å². The minimum absolute atomic E-state index is 0.168. The van der Waals surface area contributed by atoms with Gasteiger partial charge in [0, 0.05) is 16.1 Å². The van der Waals surface area contributed by atoms with Crippen LogP contribution >= 0.6 is 11.6 Å². The first-order chi connectivity index (χ1) is 10.2. The van der Waals surface area contributed by atoms with E-state index in [0.29, 0.717) is 27.6 Å². The summed E-state index contributed by atoms with van der Waals surface area (Å²) in [7, 11) is 0. The van der Waals surface area contributed by atoms with Crippen molar-refractivity contribution < 1.29 is 4.42 Å². The number of nitrogen functional groups attached to an aromatic ring is 1. The highest BCUT2D eigenvalue weighted by Crippen LogP contribution is 2.31. The Hall–Kier alpha value is -2.77. The zero-order chi connectivity index (χ0) is 14.8. The van der Waals surface area contributed by atoms with E-state index >= 15 is 0 Å². The molecule has 3 aromatic rings. The van der Waals surface area contributed by atoms with Crippen molar-refractivity contribution in [2.75, 3.05) is 5.73 Å². The number of rotatable bonds is 2. The number of nitrogens with two attached hydrogens (primary N) is 1. The molecule has 2 N–H and O–H groups in total. The van der Waals surface area contributed by atoms with Crippen LogP contribution in [0, 0.1) is 11.3 Å². The van der Waals surface area contributed by atoms with Gasteiger partial charge in [-0.1, -0.05) is 23.7 Å². The number of nitrogens with zero attached hydrogens (tertiary/aromatic N) is 2. The minimum Gasteiger partial charge on any atom is -0.464 e. The van der Waals surface area contributed by atoms with Gasteiger partial charge in [0.1, 0.15) is 23.2 Å². The fraction of sp³-hybridized carbons (Fsp3) is 0. The quantitative estimate of drug-likeness (QED) is 0.771. The zero-order valence-corrected chi connectivity index (χ0v) is 11.6. The lowest BCUT2D eigenvalue weighted by molar-refractivity contribution is 0.582. The van der Waals surface area contributed by atoms with Crippen LogP contribution in [0.3, 0.4) is 0 Å². The van der Waals surface area contributed by atoms with Crippen molar-refractivity contribution in [2.24, 2.45) is 0 Å². The van der Waals surface area contributed by atoms with Gasteiger partial charge in [0.2, 0.25) is 0 Å². The summed E-state index contributed by atoms with van der Waals surface area (Å²) >= 11 is 6.00. The van der Waals surface area contributed by atoms with Gasteiger partial charge in [0.25, 0.3) is 0 Å². The van der Waals surface area contributed by atoms with E-state index in [2.05, 4.69) is 11.1 Å². The Balaban J connectivity index is 2.23. The zero-order valence-electron chi connectivity index (χ0n) is 10.9. The predicted molar refractivity (Wildman–Crippen MR) is 81.5 cm³/mol. The number of aromatic nitrogens is 1. The molecule has 0 radical (unpaired) electrons. The largest absolute Gasteiger partial charge is 0.464 e. The van der Waals surface area contributed by atoms with Crippen molar-refractivity contribution in [1.82, 2.24) is 4.98 Å². The molecule has 0 aliphatic heterocycles. The summed E-state index contributed by atoms with van der Waals surface area (Å²) in [6.45, 7) is 0. The number of hydrogen-bond acceptors (Lipinski definition) is 4. The van der Waals surface area contributed by atoms with Crippen LogP contribution in [0.4, 0.5) is 5.82 Å². The molecular formula is C16H10ClN3O. The lowest BCUT2D eigenvalue weighted by Gasteiger charge is -2.08. The normalized spacial score (nSPS) is 10.3. The summed E-state index contributed by atoms with van der Waals surface area (Å²) in [5.41, 5.74) is 8.29. The second-order valence-corrected chi connectivity index (χ2v) is 4.85. The third-order valence-electron chi connectivity index (χ3n) is 3.07. The predicted octanol–water partition coefficient (Wildman–Crippen LogP) is 4.12. The Kier molecular flexibility index (Phi) is 3.35. The minimum atomic E-state index is 0.168. The van der Waals surface area contributed by atoms with Gasteiger partial charge in [-0.3, -0.25) is 0 Å². The Morgan fingerprint density at radius 3 is 2.71 bits per heavy atom. The maximum atomic E-state index is 9.27. The van der Waals surface area contributed by atoms with E-state index in [1.165, 1.54) is 0 Å². The maximum absolute atomic E-state index is 9.27. The average molecular weight is 296 g/mol. The molecule has 0 aliphatic carbocycles. The number of furan rings is 1. The van der Waals surface area contributed by atoms with Crippen LogP contribution in [0.2, 0.25) is 5.02 Å². The smallest absolute Gasteiger partial charge is 0.142 e. The van der Waals surface area contributed by atoms with Gasteiger partial charge in [-0.2, -0.15) is 5.26 Å². The van der Waals surface area contributed by atoms with E-state index in [0.717, 1.165) is 5.56 Å². The molecule has 0 saturated heterocycles. The molecule has 1 aromatic carbocycles. The molecule has 0 fully saturated rings. The lowest BCUT2D eigenvalue weighted by atomic mass is 10.0. The van der Waals surface area contributed by atoms with Gasteiger partial charge in [0.05, 0.1) is 12.0 Å². The Morgan fingerprint density at radius 2 is 2.05 bits per heavy atom. The van der Waals surface area contributed by atoms with Gasteiger partial charge >= 0.3 is 0 Å². The van der Waals surface area contributed by atoms with E-state index in [1.807, 2.05) is 12.1 Å². The van der Waals surface area contributed by atoms with Crippen molar-refractivity contribution in [3.05, 3.63) is 59.3 Å². The molecule has 4 nitrogen and oxygen atoms in total. The van der Waals surface area contributed by atoms with Gasteiger partial charge < -0.3 is 10.2 Å². The summed E-state index contributed by atoms with van der Waals surface area (Å²) in [5, 5.41) is 9.88. The molecule has 2 heterocycles. The molecule has 0 spiro atoms. The topological polar surface area (TPSA) is 75.8 Å². The summed E-state index contributed by atoms with van der Waals surface area (Å²) < 4.78 is 5.37. The van der Waals surface area contributed by atoms with Crippen molar-refractivity contribution >= 4 is 17.4 Å². The van der Waals surface area contributed by atoms with Crippen LogP contribution in [-0.4, -0.2) is 4.98 Å². The second kappa shape index (κ2) is 5.31. The van der Waals surface area contributed by atoms with Gasteiger partial charge in [-0.05, 0) is 30.3 Å². The highest BCUT2D eigenvalue weighted by atomic mass is 35.5. The Labute approximate surface area is 126 Å². The van der Waals surface area contributed by atoms with Crippen molar-refractivity contribution in [3.8, 4) is 28.7 Å². The molecule has 0 amide bonds. The molecule has 0 unspecified atom stereocenters. The summed E-state index contributed by atoms with van der Waals surface area (Å²) in [6, 6.07) is 14.7. The third-order valence-corrected chi connectivity index (χ3v) is 3.30. The number of hydrogen-bond donors (Lipinski definition) is 1. The molecule has 21 heavy (non-hydrogen) atoms. The Bertz CT molecular complexity index is 835. The van der Waals surface area contributed by atoms with E-state index in [1.54, 1.807) is 36.6 Å². The van der Waals surface area contributed by atoms with Crippen molar-refractivity contribution in [1.29, 1.82) is 5.26 Å². The molecule has 2 aromatic heterocycles. The standard InChI is InChI=1S/C16H10ClN3O/c17-11-4-1-3-10(7-11)14-8-12(15-5-2-6-21-15)13(9-18)16(19)20-14/h1-8H,(H2,19,20). The molecule has 3 rings (SSSR count). The van der Waals surface area contributed by atoms with E-state index in [9.17, 15) is 5.26 Å². The summed E-state index contributed by atoms with van der Waals surface area (Å²) in [6.07, 6.45) is 1.55.